The second-order valence-electron chi connectivity index (χ2n) is 4.62. The molecule has 0 aliphatic rings. The Morgan fingerprint density at radius 3 is 2.41 bits per heavy atom. The first-order valence-corrected chi connectivity index (χ1v) is 6.81. The minimum Gasteiger partial charge on any atom is -0.461 e. The summed E-state index contributed by atoms with van der Waals surface area (Å²) in [6.45, 7) is 5.10. The fraction of sp³-hybridized carbons (Fsp3) is 0.250. The van der Waals surface area contributed by atoms with Crippen molar-refractivity contribution in [2.45, 2.75) is 20.8 Å². The predicted octanol–water partition coefficient (Wildman–Crippen LogP) is 2.55. The largest absolute Gasteiger partial charge is 0.461 e. The number of hydrogen-bond donors (Lipinski definition) is 0. The molecule has 1 aromatic carbocycles. The highest BCUT2D eigenvalue weighted by molar-refractivity contribution is 5.91. The summed E-state index contributed by atoms with van der Waals surface area (Å²) >= 11 is 0. The van der Waals surface area contributed by atoms with Crippen molar-refractivity contribution in [3.63, 3.8) is 0 Å². The van der Waals surface area contributed by atoms with Crippen molar-refractivity contribution in [2.75, 3.05) is 6.61 Å². The lowest BCUT2D eigenvalue weighted by atomic mass is 10.1. The Labute approximate surface area is 128 Å². The first-order valence-electron chi connectivity index (χ1n) is 6.81. The van der Waals surface area contributed by atoms with Gasteiger partial charge in [0.05, 0.1) is 12.3 Å². The molecular weight excluding hydrogens is 284 g/mol. The van der Waals surface area contributed by atoms with E-state index in [-0.39, 0.29) is 18.1 Å². The number of nitrogens with zero attached hydrogens (tertiary/aromatic N) is 2. The highest BCUT2D eigenvalue weighted by Crippen LogP contribution is 2.24. The van der Waals surface area contributed by atoms with Gasteiger partial charge in [0.25, 0.3) is 0 Å². The quantitative estimate of drug-likeness (QED) is 0.807. The molecule has 0 radical (unpaired) electrons. The Morgan fingerprint density at radius 2 is 1.82 bits per heavy atom. The average Bonchev–Trinajstić information content (AvgIpc) is 2.47. The van der Waals surface area contributed by atoms with Crippen LogP contribution in [0.2, 0.25) is 0 Å². The van der Waals surface area contributed by atoms with Gasteiger partial charge < -0.3 is 9.47 Å². The predicted molar refractivity (Wildman–Crippen MR) is 79.5 cm³/mol. The zero-order chi connectivity index (χ0) is 16.1. The maximum absolute atomic E-state index is 11.8. The van der Waals surface area contributed by atoms with Gasteiger partial charge in [0.1, 0.15) is 0 Å². The van der Waals surface area contributed by atoms with Gasteiger partial charge >= 0.3 is 11.9 Å². The zero-order valence-electron chi connectivity index (χ0n) is 12.6. The van der Waals surface area contributed by atoms with Gasteiger partial charge in [0.15, 0.2) is 5.75 Å². The van der Waals surface area contributed by atoms with Gasteiger partial charge in [-0.05, 0) is 13.8 Å². The number of ether oxygens (including phenoxy) is 2. The highest BCUT2D eigenvalue weighted by Gasteiger charge is 2.19. The number of carbonyl (C=O) groups is 2. The average molecular weight is 300 g/mol. The number of hydrogen-bond acceptors (Lipinski definition) is 6. The number of aryl methyl sites for hydroxylation is 1. The summed E-state index contributed by atoms with van der Waals surface area (Å²) in [5, 5.41) is 7.86. The van der Waals surface area contributed by atoms with Crippen LogP contribution in [0.5, 0.6) is 5.75 Å². The van der Waals surface area contributed by atoms with Crippen LogP contribution in [0.25, 0.3) is 11.3 Å². The lowest BCUT2D eigenvalue weighted by Crippen LogP contribution is -2.13. The second kappa shape index (κ2) is 6.80. The van der Waals surface area contributed by atoms with Gasteiger partial charge in [-0.15, -0.1) is 10.2 Å². The molecule has 6 heteroatoms. The lowest BCUT2D eigenvalue weighted by Gasteiger charge is -2.09. The molecule has 2 aromatic rings. The molecular formula is C16H16N2O4. The van der Waals surface area contributed by atoms with E-state index in [4.69, 9.17) is 9.47 Å². The molecule has 0 fully saturated rings. The molecule has 0 aliphatic heterocycles. The SMILES string of the molecule is CCOC(=O)c1nnc(-c2ccc(C)cc2)cc1OC(C)=O. The van der Waals surface area contributed by atoms with Gasteiger partial charge in [-0.25, -0.2) is 4.79 Å². The molecule has 0 unspecified atom stereocenters. The third kappa shape index (κ3) is 3.66. The van der Waals surface area contributed by atoms with E-state index < -0.39 is 11.9 Å². The molecule has 6 nitrogen and oxygen atoms in total. The van der Waals surface area contributed by atoms with Gasteiger partial charge in [-0.1, -0.05) is 29.8 Å². The fourth-order valence-corrected chi connectivity index (χ4v) is 1.81. The van der Waals surface area contributed by atoms with Crippen LogP contribution in [0, 0.1) is 6.92 Å². The van der Waals surface area contributed by atoms with Crippen LogP contribution in [-0.2, 0) is 9.53 Å². The van der Waals surface area contributed by atoms with Crippen LogP contribution in [0.3, 0.4) is 0 Å². The molecule has 1 aromatic heterocycles. The molecule has 2 rings (SSSR count). The van der Waals surface area contributed by atoms with Gasteiger partial charge in [0, 0.05) is 18.6 Å². The van der Waals surface area contributed by atoms with Crippen LogP contribution >= 0.6 is 0 Å². The van der Waals surface area contributed by atoms with Crippen LogP contribution in [0.1, 0.15) is 29.9 Å². The Bertz CT molecular complexity index is 696. The number of aromatic nitrogens is 2. The normalized spacial score (nSPS) is 10.1. The van der Waals surface area contributed by atoms with Crippen molar-refractivity contribution in [1.29, 1.82) is 0 Å². The lowest BCUT2D eigenvalue weighted by molar-refractivity contribution is -0.131. The summed E-state index contributed by atoms with van der Waals surface area (Å²) in [4.78, 5) is 23.0. The Morgan fingerprint density at radius 1 is 1.14 bits per heavy atom. The second-order valence-corrected chi connectivity index (χ2v) is 4.62. The zero-order valence-corrected chi connectivity index (χ0v) is 12.6. The monoisotopic (exact) mass is 300 g/mol. The molecule has 0 bridgehead atoms. The van der Waals surface area contributed by atoms with Crippen LogP contribution in [0.15, 0.2) is 30.3 Å². The fourth-order valence-electron chi connectivity index (χ4n) is 1.81. The van der Waals surface area contributed by atoms with Crippen LogP contribution in [-0.4, -0.2) is 28.7 Å². The minimum atomic E-state index is -0.679. The van der Waals surface area contributed by atoms with Crippen molar-refractivity contribution in [3.05, 3.63) is 41.6 Å². The summed E-state index contributed by atoms with van der Waals surface area (Å²) < 4.78 is 9.94. The molecule has 0 saturated heterocycles. The minimum absolute atomic E-state index is 0.0384. The molecule has 0 amide bonds. The number of carbonyl (C=O) groups excluding carboxylic acids is 2. The van der Waals surface area contributed by atoms with E-state index in [1.807, 2.05) is 31.2 Å². The first-order chi connectivity index (χ1) is 10.5. The number of benzene rings is 1. The van der Waals surface area contributed by atoms with Crippen molar-refractivity contribution in [1.82, 2.24) is 10.2 Å². The van der Waals surface area contributed by atoms with E-state index in [1.165, 1.54) is 13.0 Å². The molecule has 0 saturated carbocycles. The van der Waals surface area contributed by atoms with E-state index in [0.717, 1.165) is 11.1 Å². The van der Waals surface area contributed by atoms with E-state index in [2.05, 4.69) is 10.2 Å². The smallest absolute Gasteiger partial charge is 0.362 e. The molecule has 0 spiro atoms. The topological polar surface area (TPSA) is 78.4 Å². The first kappa shape index (κ1) is 15.6. The van der Waals surface area contributed by atoms with Crippen LogP contribution < -0.4 is 4.74 Å². The summed E-state index contributed by atoms with van der Waals surface area (Å²) in [7, 11) is 0. The highest BCUT2D eigenvalue weighted by atomic mass is 16.5. The third-order valence-corrected chi connectivity index (χ3v) is 2.83. The maximum Gasteiger partial charge on any atom is 0.362 e. The number of rotatable bonds is 4. The summed E-state index contributed by atoms with van der Waals surface area (Å²) in [6.07, 6.45) is 0. The summed E-state index contributed by atoms with van der Waals surface area (Å²) in [5.41, 5.74) is 2.30. The summed E-state index contributed by atoms with van der Waals surface area (Å²) in [6, 6.07) is 9.12. The molecule has 0 N–H and O–H groups in total. The maximum atomic E-state index is 11.8. The van der Waals surface area contributed by atoms with Crippen molar-refractivity contribution < 1.29 is 19.1 Å². The Hall–Kier alpha value is -2.76. The van der Waals surface area contributed by atoms with Crippen molar-refractivity contribution in [3.8, 4) is 17.0 Å². The van der Waals surface area contributed by atoms with Gasteiger partial charge in [-0.3, -0.25) is 4.79 Å². The molecule has 114 valence electrons. The van der Waals surface area contributed by atoms with Crippen molar-refractivity contribution in [2.24, 2.45) is 0 Å². The van der Waals surface area contributed by atoms with E-state index in [9.17, 15) is 9.59 Å². The van der Waals surface area contributed by atoms with Gasteiger partial charge in [0.2, 0.25) is 5.69 Å². The van der Waals surface area contributed by atoms with E-state index in [0.29, 0.717) is 5.69 Å². The molecule has 22 heavy (non-hydrogen) atoms. The van der Waals surface area contributed by atoms with Gasteiger partial charge in [-0.2, -0.15) is 0 Å². The molecule has 1 heterocycles. The summed E-state index contributed by atoms with van der Waals surface area (Å²) in [5.74, 6) is -1.19. The van der Waals surface area contributed by atoms with E-state index >= 15 is 0 Å². The van der Waals surface area contributed by atoms with E-state index in [1.54, 1.807) is 6.92 Å². The number of esters is 2. The Kier molecular flexibility index (Phi) is 4.83. The van der Waals surface area contributed by atoms with Crippen LogP contribution in [0.4, 0.5) is 0 Å². The standard InChI is InChI=1S/C16H16N2O4/c1-4-21-16(20)15-14(22-11(3)19)9-13(17-18-15)12-7-5-10(2)6-8-12/h5-9H,4H2,1-3H3. The third-order valence-electron chi connectivity index (χ3n) is 2.83. The Balaban J connectivity index is 2.44. The molecule has 0 aliphatic carbocycles. The van der Waals surface area contributed by atoms with Crippen molar-refractivity contribution >= 4 is 11.9 Å². The molecule has 0 atom stereocenters.